The maximum absolute atomic E-state index is 6.08. The van der Waals surface area contributed by atoms with Gasteiger partial charge < -0.3 is 10.1 Å². The zero-order valence-corrected chi connectivity index (χ0v) is 14.5. The minimum atomic E-state index is 0.596. The highest BCUT2D eigenvalue weighted by Crippen LogP contribution is 2.16. The summed E-state index contributed by atoms with van der Waals surface area (Å²) in [5.74, 6) is 1.28. The van der Waals surface area contributed by atoms with Crippen molar-refractivity contribution in [2.75, 3.05) is 26.3 Å². The van der Waals surface area contributed by atoms with Gasteiger partial charge in [-0.1, -0.05) is 44.5 Å². The Bertz CT molecular complexity index is 381. The minimum absolute atomic E-state index is 0.596. The van der Waals surface area contributed by atoms with Crippen molar-refractivity contribution in [1.29, 1.82) is 0 Å². The van der Waals surface area contributed by atoms with Gasteiger partial charge in [-0.3, -0.25) is 0 Å². The average Bonchev–Trinajstić information content (AvgIpc) is 2.43. The second-order valence-electron chi connectivity index (χ2n) is 6.15. The fourth-order valence-electron chi connectivity index (χ4n) is 2.35. The van der Waals surface area contributed by atoms with Crippen molar-refractivity contribution >= 4 is 11.6 Å². The van der Waals surface area contributed by atoms with Crippen molar-refractivity contribution in [3.8, 4) is 0 Å². The average molecular weight is 312 g/mol. The van der Waals surface area contributed by atoms with Crippen LogP contribution in [0.25, 0.3) is 0 Å². The van der Waals surface area contributed by atoms with E-state index in [0.717, 1.165) is 50.6 Å². The van der Waals surface area contributed by atoms with Gasteiger partial charge in [0.2, 0.25) is 0 Å². The molecule has 1 aromatic rings. The number of nitrogens with one attached hydrogen (secondary N) is 1. The van der Waals surface area contributed by atoms with Crippen LogP contribution in [-0.2, 0) is 11.2 Å². The summed E-state index contributed by atoms with van der Waals surface area (Å²) >= 11 is 6.08. The summed E-state index contributed by atoms with van der Waals surface area (Å²) in [7, 11) is 0. The number of hydrogen-bond donors (Lipinski definition) is 1. The second kappa shape index (κ2) is 11.1. The summed E-state index contributed by atoms with van der Waals surface area (Å²) in [6, 6.07) is 8.20. The molecular weight excluding hydrogens is 282 g/mol. The van der Waals surface area contributed by atoms with Gasteiger partial charge in [-0.05, 0) is 61.9 Å². The predicted molar refractivity (Wildman–Crippen MR) is 92.1 cm³/mol. The molecule has 3 heteroatoms. The molecule has 0 aliphatic carbocycles. The Hall–Kier alpha value is -0.570. The van der Waals surface area contributed by atoms with Crippen molar-refractivity contribution in [3.63, 3.8) is 0 Å². The molecule has 1 N–H and O–H groups in total. The summed E-state index contributed by atoms with van der Waals surface area (Å²) in [5.41, 5.74) is 1.31. The zero-order chi connectivity index (χ0) is 15.5. The largest absolute Gasteiger partial charge is 0.381 e. The molecule has 0 amide bonds. The van der Waals surface area contributed by atoms with Crippen LogP contribution in [0.4, 0.5) is 0 Å². The van der Waals surface area contributed by atoms with E-state index in [1.165, 1.54) is 5.56 Å². The first-order valence-corrected chi connectivity index (χ1v) is 8.52. The Morgan fingerprint density at radius 3 is 2.67 bits per heavy atom. The lowest BCUT2D eigenvalue weighted by molar-refractivity contribution is 0.120. The standard InChI is InChI=1S/C18H30ClNO/c1-4-9-21-10-8-17(14-20-13-15(2)3)11-16-6-5-7-18(19)12-16/h5-7,12,15,17,20H,4,8-11,13-14H2,1-3H3. The van der Waals surface area contributed by atoms with Crippen LogP contribution < -0.4 is 5.32 Å². The number of rotatable bonds is 11. The molecule has 21 heavy (non-hydrogen) atoms. The Kier molecular flexibility index (Phi) is 9.73. The smallest absolute Gasteiger partial charge is 0.0469 e. The summed E-state index contributed by atoms with van der Waals surface area (Å²) in [4.78, 5) is 0. The highest BCUT2D eigenvalue weighted by atomic mass is 35.5. The van der Waals surface area contributed by atoms with E-state index in [9.17, 15) is 0 Å². The maximum atomic E-state index is 6.08. The normalized spacial score (nSPS) is 12.8. The van der Waals surface area contributed by atoms with Crippen molar-refractivity contribution in [2.24, 2.45) is 11.8 Å². The molecule has 0 bridgehead atoms. The lowest BCUT2D eigenvalue weighted by Gasteiger charge is -2.19. The molecule has 0 spiro atoms. The van der Waals surface area contributed by atoms with Crippen LogP contribution >= 0.6 is 11.6 Å². The molecule has 2 nitrogen and oxygen atoms in total. The van der Waals surface area contributed by atoms with Crippen molar-refractivity contribution in [1.82, 2.24) is 5.32 Å². The van der Waals surface area contributed by atoms with Crippen LogP contribution in [0.5, 0.6) is 0 Å². The fraction of sp³-hybridized carbons (Fsp3) is 0.667. The maximum Gasteiger partial charge on any atom is 0.0469 e. The van der Waals surface area contributed by atoms with Gasteiger partial charge in [0, 0.05) is 18.2 Å². The molecule has 0 saturated carbocycles. The van der Waals surface area contributed by atoms with Crippen LogP contribution in [0.3, 0.4) is 0 Å². The highest BCUT2D eigenvalue weighted by Gasteiger charge is 2.10. The van der Waals surface area contributed by atoms with Gasteiger partial charge in [0.25, 0.3) is 0 Å². The van der Waals surface area contributed by atoms with Crippen LogP contribution in [0.15, 0.2) is 24.3 Å². The molecule has 0 aliphatic rings. The van der Waals surface area contributed by atoms with Gasteiger partial charge in [0.1, 0.15) is 0 Å². The zero-order valence-electron chi connectivity index (χ0n) is 13.7. The Morgan fingerprint density at radius 2 is 2.00 bits per heavy atom. The molecule has 0 aliphatic heterocycles. The van der Waals surface area contributed by atoms with Gasteiger partial charge in [0.15, 0.2) is 0 Å². The molecule has 0 saturated heterocycles. The molecule has 1 unspecified atom stereocenters. The summed E-state index contributed by atoms with van der Waals surface area (Å²) < 4.78 is 5.65. The molecule has 1 atom stereocenters. The summed E-state index contributed by atoms with van der Waals surface area (Å²) in [6.45, 7) is 10.5. The van der Waals surface area contributed by atoms with Gasteiger partial charge in [-0.2, -0.15) is 0 Å². The van der Waals surface area contributed by atoms with E-state index >= 15 is 0 Å². The van der Waals surface area contributed by atoms with E-state index in [0.29, 0.717) is 11.8 Å². The molecule has 0 fully saturated rings. The summed E-state index contributed by atoms with van der Waals surface area (Å²) in [6.07, 6.45) is 3.24. The molecule has 1 aromatic carbocycles. The van der Waals surface area contributed by atoms with E-state index in [1.54, 1.807) is 0 Å². The highest BCUT2D eigenvalue weighted by molar-refractivity contribution is 6.30. The monoisotopic (exact) mass is 311 g/mol. The van der Waals surface area contributed by atoms with Crippen molar-refractivity contribution < 1.29 is 4.74 Å². The molecule has 0 aromatic heterocycles. The van der Waals surface area contributed by atoms with E-state index < -0.39 is 0 Å². The lowest BCUT2D eigenvalue weighted by Crippen LogP contribution is -2.28. The summed E-state index contributed by atoms with van der Waals surface area (Å²) in [5, 5.41) is 4.39. The van der Waals surface area contributed by atoms with Gasteiger partial charge >= 0.3 is 0 Å². The first-order valence-electron chi connectivity index (χ1n) is 8.14. The quantitative estimate of drug-likeness (QED) is 0.605. The third-order valence-corrected chi connectivity index (χ3v) is 3.65. The van der Waals surface area contributed by atoms with Crippen LogP contribution in [-0.4, -0.2) is 26.3 Å². The van der Waals surface area contributed by atoms with Gasteiger partial charge in [0.05, 0.1) is 0 Å². The predicted octanol–water partition coefficient (Wildman–Crippen LogP) is 4.56. The number of hydrogen-bond acceptors (Lipinski definition) is 2. The van der Waals surface area contributed by atoms with Gasteiger partial charge in [-0.25, -0.2) is 0 Å². The number of halogens is 1. The number of ether oxygens (including phenoxy) is 1. The molecule has 1 rings (SSSR count). The first-order chi connectivity index (χ1) is 10.1. The first kappa shape index (κ1) is 18.5. The Labute approximate surface area is 135 Å². The van der Waals surface area contributed by atoms with E-state index in [-0.39, 0.29) is 0 Å². The van der Waals surface area contributed by atoms with Gasteiger partial charge in [-0.15, -0.1) is 0 Å². The molecule has 0 radical (unpaired) electrons. The third-order valence-electron chi connectivity index (χ3n) is 3.42. The van der Waals surface area contributed by atoms with Crippen LogP contribution in [0, 0.1) is 11.8 Å². The van der Waals surface area contributed by atoms with Crippen LogP contribution in [0.2, 0.25) is 5.02 Å². The van der Waals surface area contributed by atoms with Crippen LogP contribution in [0.1, 0.15) is 39.2 Å². The van der Waals surface area contributed by atoms with Crippen molar-refractivity contribution in [3.05, 3.63) is 34.9 Å². The van der Waals surface area contributed by atoms with E-state index in [4.69, 9.17) is 16.3 Å². The van der Waals surface area contributed by atoms with E-state index in [1.807, 2.05) is 12.1 Å². The molecular formula is C18H30ClNO. The molecule has 0 heterocycles. The topological polar surface area (TPSA) is 21.3 Å². The van der Waals surface area contributed by atoms with Crippen molar-refractivity contribution in [2.45, 2.75) is 40.0 Å². The number of benzene rings is 1. The fourth-order valence-corrected chi connectivity index (χ4v) is 2.56. The third kappa shape index (κ3) is 9.13. The Balaban J connectivity index is 2.45. The molecule has 120 valence electrons. The second-order valence-corrected chi connectivity index (χ2v) is 6.59. The SMILES string of the molecule is CCCOCCC(CNCC(C)C)Cc1cccc(Cl)c1. The minimum Gasteiger partial charge on any atom is -0.381 e. The lowest BCUT2D eigenvalue weighted by atomic mass is 9.96. The van der Waals surface area contributed by atoms with E-state index in [2.05, 4.69) is 38.2 Å². The Morgan fingerprint density at radius 1 is 1.19 bits per heavy atom.